The van der Waals surface area contributed by atoms with Gasteiger partial charge in [-0.15, -0.1) is 0 Å². The van der Waals surface area contributed by atoms with Crippen LogP contribution >= 0.6 is 0 Å². The summed E-state index contributed by atoms with van der Waals surface area (Å²) in [5.41, 5.74) is 5.32. The van der Waals surface area contributed by atoms with Gasteiger partial charge in [-0.2, -0.15) is 0 Å². The average molecular weight is 169 g/mol. The van der Waals surface area contributed by atoms with Gasteiger partial charge in [0.1, 0.15) is 0 Å². The number of ketones is 1. The van der Waals surface area contributed by atoms with Crippen LogP contribution in [-0.4, -0.2) is 11.3 Å². The Hall–Kier alpha value is -0.370. The Labute approximate surface area is 74.5 Å². The Morgan fingerprint density at radius 2 is 2.00 bits per heavy atom. The third-order valence-electron chi connectivity index (χ3n) is 3.02. The van der Waals surface area contributed by atoms with Crippen LogP contribution in [0.1, 0.15) is 46.0 Å². The van der Waals surface area contributed by atoms with Crippen LogP contribution in [0.4, 0.5) is 0 Å². The van der Waals surface area contributed by atoms with E-state index in [1.54, 1.807) is 0 Å². The van der Waals surface area contributed by atoms with E-state index in [1.807, 2.05) is 13.8 Å². The number of hydrogen-bond acceptors (Lipinski definition) is 2. The number of nitrogens with two attached hydrogens (primary N) is 1. The SMILES string of the molecule is CCC(C)(N)C(=O)C1CCCC1. The van der Waals surface area contributed by atoms with Crippen LogP contribution in [0.2, 0.25) is 0 Å². The normalized spacial score (nSPS) is 23.9. The lowest BCUT2D eigenvalue weighted by Gasteiger charge is -2.24. The Morgan fingerprint density at radius 1 is 1.50 bits per heavy atom. The molecular weight excluding hydrogens is 150 g/mol. The van der Waals surface area contributed by atoms with E-state index in [0.717, 1.165) is 19.3 Å². The topological polar surface area (TPSA) is 43.1 Å². The van der Waals surface area contributed by atoms with Crippen LogP contribution in [0.15, 0.2) is 0 Å². The van der Waals surface area contributed by atoms with Crippen molar-refractivity contribution < 1.29 is 4.79 Å². The molecule has 70 valence electrons. The van der Waals surface area contributed by atoms with Crippen molar-refractivity contribution in [2.24, 2.45) is 11.7 Å². The van der Waals surface area contributed by atoms with Crippen LogP contribution in [0.3, 0.4) is 0 Å². The first-order chi connectivity index (χ1) is 5.58. The highest BCUT2D eigenvalue weighted by molar-refractivity contribution is 5.89. The minimum Gasteiger partial charge on any atom is -0.319 e. The molecule has 0 spiro atoms. The standard InChI is InChI=1S/C10H19NO/c1-3-10(2,11)9(12)8-6-4-5-7-8/h8H,3-7,11H2,1-2H3. The van der Waals surface area contributed by atoms with Gasteiger partial charge in [0.05, 0.1) is 5.54 Å². The second-order valence-electron chi connectivity index (χ2n) is 4.12. The number of carbonyl (C=O) groups is 1. The van der Waals surface area contributed by atoms with Crippen molar-refractivity contribution in [1.82, 2.24) is 0 Å². The molecular formula is C10H19NO. The highest BCUT2D eigenvalue weighted by Crippen LogP contribution is 2.29. The quantitative estimate of drug-likeness (QED) is 0.701. The average Bonchev–Trinajstić information content (AvgIpc) is 2.55. The molecule has 2 nitrogen and oxygen atoms in total. The van der Waals surface area contributed by atoms with E-state index in [-0.39, 0.29) is 11.7 Å². The fourth-order valence-electron chi connectivity index (χ4n) is 1.83. The summed E-state index contributed by atoms with van der Waals surface area (Å²) in [7, 11) is 0. The Morgan fingerprint density at radius 3 is 2.42 bits per heavy atom. The lowest BCUT2D eigenvalue weighted by molar-refractivity contribution is -0.127. The minimum atomic E-state index is -0.574. The van der Waals surface area contributed by atoms with Gasteiger partial charge in [-0.25, -0.2) is 0 Å². The molecule has 1 atom stereocenters. The first-order valence-electron chi connectivity index (χ1n) is 4.91. The van der Waals surface area contributed by atoms with Crippen LogP contribution in [-0.2, 0) is 4.79 Å². The molecule has 0 aromatic heterocycles. The molecule has 2 heteroatoms. The summed E-state index contributed by atoms with van der Waals surface area (Å²) >= 11 is 0. The molecule has 1 saturated carbocycles. The van der Waals surface area contributed by atoms with Gasteiger partial charge in [-0.3, -0.25) is 4.79 Å². The molecule has 2 N–H and O–H groups in total. The minimum absolute atomic E-state index is 0.264. The third-order valence-corrected chi connectivity index (χ3v) is 3.02. The molecule has 0 bridgehead atoms. The zero-order chi connectivity index (χ0) is 9.19. The third kappa shape index (κ3) is 1.86. The zero-order valence-corrected chi connectivity index (χ0v) is 8.10. The maximum atomic E-state index is 11.8. The second kappa shape index (κ2) is 3.56. The number of Topliss-reactive ketones (excluding diaryl/α,β-unsaturated/α-hetero) is 1. The molecule has 1 aliphatic rings. The fraction of sp³-hybridized carbons (Fsp3) is 0.900. The molecule has 1 rings (SSSR count). The maximum absolute atomic E-state index is 11.8. The van der Waals surface area contributed by atoms with Gasteiger partial charge >= 0.3 is 0 Å². The van der Waals surface area contributed by atoms with Crippen molar-refractivity contribution in [1.29, 1.82) is 0 Å². The van der Waals surface area contributed by atoms with E-state index in [4.69, 9.17) is 5.73 Å². The van der Waals surface area contributed by atoms with E-state index in [2.05, 4.69) is 0 Å². The van der Waals surface area contributed by atoms with Gasteiger partial charge in [-0.1, -0.05) is 19.8 Å². The summed E-state index contributed by atoms with van der Waals surface area (Å²) in [6.45, 7) is 3.83. The van der Waals surface area contributed by atoms with Gasteiger partial charge in [-0.05, 0) is 26.2 Å². The maximum Gasteiger partial charge on any atom is 0.155 e. The molecule has 1 fully saturated rings. The first kappa shape index (κ1) is 9.72. The second-order valence-corrected chi connectivity index (χ2v) is 4.12. The zero-order valence-electron chi connectivity index (χ0n) is 8.10. The molecule has 12 heavy (non-hydrogen) atoms. The summed E-state index contributed by atoms with van der Waals surface area (Å²) < 4.78 is 0. The lowest BCUT2D eigenvalue weighted by Crippen LogP contribution is -2.47. The summed E-state index contributed by atoms with van der Waals surface area (Å²) in [4.78, 5) is 11.8. The summed E-state index contributed by atoms with van der Waals surface area (Å²) in [6.07, 6.45) is 5.28. The van der Waals surface area contributed by atoms with Gasteiger partial charge < -0.3 is 5.73 Å². The van der Waals surface area contributed by atoms with Crippen molar-refractivity contribution in [3.05, 3.63) is 0 Å². The van der Waals surface area contributed by atoms with Crippen molar-refractivity contribution in [2.75, 3.05) is 0 Å². The van der Waals surface area contributed by atoms with Gasteiger partial charge in [0, 0.05) is 5.92 Å². The smallest absolute Gasteiger partial charge is 0.155 e. The van der Waals surface area contributed by atoms with Crippen molar-refractivity contribution in [3.8, 4) is 0 Å². The Bertz CT molecular complexity index is 169. The van der Waals surface area contributed by atoms with Crippen molar-refractivity contribution in [3.63, 3.8) is 0 Å². The van der Waals surface area contributed by atoms with Gasteiger partial charge in [0.2, 0.25) is 0 Å². The monoisotopic (exact) mass is 169 g/mol. The molecule has 0 heterocycles. The number of carbonyl (C=O) groups excluding carboxylic acids is 1. The van der Waals surface area contributed by atoms with Gasteiger partial charge in [0.25, 0.3) is 0 Å². The van der Waals surface area contributed by atoms with Crippen LogP contribution in [0.5, 0.6) is 0 Å². The molecule has 0 aliphatic heterocycles. The predicted octanol–water partition coefficient (Wildman–Crippen LogP) is 1.87. The van der Waals surface area contributed by atoms with E-state index in [0.29, 0.717) is 0 Å². The van der Waals surface area contributed by atoms with E-state index >= 15 is 0 Å². The predicted molar refractivity (Wildman–Crippen MR) is 49.8 cm³/mol. The van der Waals surface area contributed by atoms with Crippen LogP contribution in [0, 0.1) is 5.92 Å². The van der Waals surface area contributed by atoms with Crippen molar-refractivity contribution >= 4 is 5.78 Å². The summed E-state index contributed by atoms with van der Waals surface area (Å²) in [6, 6.07) is 0. The first-order valence-corrected chi connectivity index (χ1v) is 4.91. The molecule has 0 aromatic carbocycles. The Balaban J connectivity index is 2.56. The molecule has 0 aromatic rings. The van der Waals surface area contributed by atoms with E-state index in [9.17, 15) is 4.79 Å². The largest absolute Gasteiger partial charge is 0.319 e. The number of hydrogen-bond donors (Lipinski definition) is 1. The molecule has 0 amide bonds. The summed E-state index contributed by atoms with van der Waals surface area (Å²) in [5.74, 6) is 0.544. The number of rotatable bonds is 3. The van der Waals surface area contributed by atoms with Gasteiger partial charge in [0.15, 0.2) is 5.78 Å². The lowest BCUT2D eigenvalue weighted by atomic mass is 9.85. The molecule has 1 aliphatic carbocycles. The molecule has 0 saturated heterocycles. The summed E-state index contributed by atoms with van der Waals surface area (Å²) in [5, 5.41) is 0. The van der Waals surface area contributed by atoms with Crippen molar-refractivity contribution in [2.45, 2.75) is 51.5 Å². The molecule has 1 unspecified atom stereocenters. The highest BCUT2D eigenvalue weighted by Gasteiger charge is 2.33. The van der Waals surface area contributed by atoms with E-state index in [1.165, 1.54) is 12.8 Å². The molecule has 0 radical (unpaired) electrons. The van der Waals surface area contributed by atoms with Crippen LogP contribution < -0.4 is 5.73 Å². The highest BCUT2D eigenvalue weighted by atomic mass is 16.1. The van der Waals surface area contributed by atoms with Crippen LogP contribution in [0.25, 0.3) is 0 Å². The Kier molecular flexibility index (Phi) is 2.89. The fourth-order valence-corrected chi connectivity index (χ4v) is 1.83. The van der Waals surface area contributed by atoms with E-state index < -0.39 is 5.54 Å².